The molecule has 0 aliphatic carbocycles. The second kappa shape index (κ2) is 21.6. The summed E-state index contributed by atoms with van der Waals surface area (Å²) >= 11 is 0. The maximum Gasteiger partial charge on any atom is 0.243 e. The normalized spacial score (nSPS) is 11.8. The van der Waals surface area contributed by atoms with Crippen LogP contribution in [0.2, 0.25) is 0 Å². The van der Waals surface area contributed by atoms with Gasteiger partial charge in [0, 0.05) is 13.0 Å². The topological polar surface area (TPSA) is 137 Å². The summed E-state index contributed by atoms with van der Waals surface area (Å²) in [6.45, 7) is 2.69. The first-order valence-electron chi connectivity index (χ1n) is 12.6. The van der Waals surface area contributed by atoms with E-state index < -0.39 is 11.9 Å². The van der Waals surface area contributed by atoms with E-state index in [0.717, 1.165) is 19.3 Å². The smallest absolute Gasteiger partial charge is 0.243 e. The molecule has 0 rings (SSSR count). The van der Waals surface area contributed by atoms with E-state index in [0.29, 0.717) is 25.8 Å². The van der Waals surface area contributed by atoms with E-state index in [-0.39, 0.29) is 11.9 Å². The number of carbonyl (C=O) groups excluding carboxylic acids is 2. The van der Waals surface area contributed by atoms with Crippen molar-refractivity contribution in [3.8, 4) is 0 Å². The summed E-state index contributed by atoms with van der Waals surface area (Å²) in [7, 11) is 0. The van der Waals surface area contributed by atoms with Gasteiger partial charge in [-0.3, -0.25) is 19.9 Å². The van der Waals surface area contributed by atoms with Crippen molar-refractivity contribution >= 4 is 17.8 Å². The summed E-state index contributed by atoms with van der Waals surface area (Å²) < 4.78 is 0. The van der Waals surface area contributed by atoms with Gasteiger partial charge in [-0.2, -0.15) is 0 Å². The quantitative estimate of drug-likeness (QED) is 0.120. The number of aliphatic imine (C=N–C) groups is 1. The fraction of sp³-hybridized carbons (Fsp3) is 0.875. The number of nitrogens with zero attached hydrogens (tertiary/aromatic N) is 1. The van der Waals surface area contributed by atoms with E-state index >= 15 is 0 Å². The highest BCUT2D eigenvalue weighted by Gasteiger charge is 2.15. The van der Waals surface area contributed by atoms with Gasteiger partial charge in [-0.15, -0.1) is 0 Å². The van der Waals surface area contributed by atoms with Gasteiger partial charge in [-0.05, 0) is 19.3 Å². The minimum absolute atomic E-state index is 0.0247. The Hall–Kier alpha value is -1.63. The van der Waals surface area contributed by atoms with Crippen LogP contribution in [0.5, 0.6) is 0 Å². The third-order valence-corrected chi connectivity index (χ3v) is 5.57. The van der Waals surface area contributed by atoms with Crippen molar-refractivity contribution in [1.29, 1.82) is 0 Å². The van der Waals surface area contributed by atoms with Gasteiger partial charge in [0.2, 0.25) is 11.8 Å². The van der Waals surface area contributed by atoms with Crippen LogP contribution in [-0.2, 0) is 9.59 Å². The molecule has 0 unspecified atom stereocenters. The van der Waals surface area contributed by atoms with Gasteiger partial charge < -0.3 is 17.2 Å². The summed E-state index contributed by atoms with van der Waals surface area (Å²) in [5.41, 5.74) is 16.3. The van der Waals surface area contributed by atoms with E-state index in [9.17, 15) is 9.59 Å². The van der Waals surface area contributed by atoms with Crippen molar-refractivity contribution in [3.63, 3.8) is 0 Å². The summed E-state index contributed by atoms with van der Waals surface area (Å²) in [6.07, 6.45) is 20.7. The molecule has 7 N–H and O–H groups in total. The number of nitrogens with one attached hydrogen (secondary N) is 1. The second-order valence-corrected chi connectivity index (χ2v) is 8.67. The Kier molecular flexibility index (Phi) is 20.5. The van der Waals surface area contributed by atoms with E-state index in [1.807, 2.05) is 0 Å². The Labute approximate surface area is 190 Å². The highest BCUT2D eigenvalue weighted by atomic mass is 16.2. The standard InChI is InChI=1S/C24H49N5O2/c1-2-3-4-5-6-7-8-9-10-11-12-13-14-15-16-19-22(30)29-23(31)21(25)18-17-20-28-24(26)27/h21H,2-20,25H2,1H3,(H4,26,27,28)(H,29,30,31)/t21-/m0/s1. The first-order chi connectivity index (χ1) is 15.0. The molecule has 31 heavy (non-hydrogen) atoms. The molecule has 1 atom stereocenters. The molecular formula is C24H49N5O2. The minimum atomic E-state index is -0.709. The van der Waals surface area contributed by atoms with Gasteiger partial charge in [-0.1, -0.05) is 96.8 Å². The molecule has 0 bridgehead atoms. The molecule has 0 aromatic carbocycles. The number of carbonyl (C=O) groups is 2. The maximum absolute atomic E-state index is 11.9. The lowest BCUT2D eigenvalue weighted by Crippen LogP contribution is -2.43. The molecule has 0 aromatic heterocycles. The molecule has 0 aromatic rings. The Morgan fingerprint density at radius 1 is 0.742 bits per heavy atom. The van der Waals surface area contributed by atoms with Gasteiger partial charge >= 0.3 is 0 Å². The van der Waals surface area contributed by atoms with E-state index in [2.05, 4.69) is 17.2 Å². The fourth-order valence-corrected chi connectivity index (χ4v) is 3.60. The molecular weight excluding hydrogens is 390 g/mol. The van der Waals surface area contributed by atoms with Crippen molar-refractivity contribution in [2.75, 3.05) is 6.54 Å². The Morgan fingerprint density at radius 3 is 1.65 bits per heavy atom. The zero-order valence-corrected chi connectivity index (χ0v) is 20.0. The molecule has 0 spiro atoms. The summed E-state index contributed by atoms with van der Waals surface area (Å²) in [4.78, 5) is 27.6. The number of guanidine groups is 1. The predicted octanol–water partition coefficient (Wildman–Crippen LogP) is 4.27. The number of hydrogen-bond donors (Lipinski definition) is 4. The zero-order chi connectivity index (χ0) is 23.2. The number of imide groups is 1. The SMILES string of the molecule is CCCCCCCCCCCCCCCCCC(=O)NC(=O)[C@@H](N)CCCN=C(N)N. The minimum Gasteiger partial charge on any atom is -0.370 e. The molecule has 0 radical (unpaired) electrons. The van der Waals surface area contributed by atoms with Gasteiger partial charge in [0.15, 0.2) is 5.96 Å². The van der Waals surface area contributed by atoms with Crippen LogP contribution in [0.4, 0.5) is 0 Å². The highest BCUT2D eigenvalue weighted by Crippen LogP contribution is 2.13. The van der Waals surface area contributed by atoms with Crippen molar-refractivity contribution < 1.29 is 9.59 Å². The summed E-state index contributed by atoms with van der Waals surface area (Å²) in [6, 6.07) is -0.709. The molecule has 0 saturated carbocycles. The van der Waals surface area contributed by atoms with Crippen LogP contribution in [0, 0.1) is 0 Å². The Morgan fingerprint density at radius 2 is 1.19 bits per heavy atom. The van der Waals surface area contributed by atoms with Gasteiger partial charge in [0.1, 0.15) is 0 Å². The zero-order valence-electron chi connectivity index (χ0n) is 20.0. The molecule has 0 fully saturated rings. The number of unbranched alkanes of at least 4 members (excludes halogenated alkanes) is 14. The number of hydrogen-bond acceptors (Lipinski definition) is 4. The molecule has 182 valence electrons. The lowest BCUT2D eigenvalue weighted by molar-refractivity contribution is -0.131. The van der Waals surface area contributed by atoms with Crippen molar-refractivity contribution in [2.24, 2.45) is 22.2 Å². The molecule has 0 heterocycles. The van der Waals surface area contributed by atoms with Crippen LogP contribution < -0.4 is 22.5 Å². The maximum atomic E-state index is 11.9. The van der Waals surface area contributed by atoms with Crippen LogP contribution in [0.3, 0.4) is 0 Å². The Balaban J connectivity index is 3.44. The van der Waals surface area contributed by atoms with Crippen LogP contribution in [0.25, 0.3) is 0 Å². The predicted molar refractivity (Wildman–Crippen MR) is 131 cm³/mol. The third-order valence-electron chi connectivity index (χ3n) is 5.57. The average molecular weight is 440 g/mol. The number of nitrogens with two attached hydrogens (primary N) is 3. The van der Waals surface area contributed by atoms with E-state index in [1.54, 1.807) is 0 Å². The monoisotopic (exact) mass is 439 g/mol. The fourth-order valence-electron chi connectivity index (χ4n) is 3.60. The Bertz CT molecular complexity index is 479. The molecule has 0 saturated heterocycles. The van der Waals surface area contributed by atoms with E-state index in [4.69, 9.17) is 17.2 Å². The lowest BCUT2D eigenvalue weighted by atomic mass is 10.0. The highest BCUT2D eigenvalue weighted by molar-refractivity contribution is 5.97. The van der Waals surface area contributed by atoms with Gasteiger partial charge in [0.25, 0.3) is 0 Å². The molecule has 2 amide bonds. The first kappa shape index (κ1) is 29.4. The van der Waals surface area contributed by atoms with Crippen molar-refractivity contribution in [3.05, 3.63) is 0 Å². The van der Waals surface area contributed by atoms with E-state index in [1.165, 1.54) is 77.0 Å². The lowest BCUT2D eigenvalue weighted by Gasteiger charge is -2.10. The van der Waals surface area contributed by atoms with Crippen LogP contribution >= 0.6 is 0 Å². The summed E-state index contributed by atoms with van der Waals surface area (Å²) in [5.74, 6) is -0.633. The molecule has 0 aliphatic rings. The second-order valence-electron chi connectivity index (χ2n) is 8.67. The largest absolute Gasteiger partial charge is 0.370 e. The number of amides is 2. The summed E-state index contributed by atoms with van der Waals surface area (Å²) in [5, 5.41) is 2.39. The van der Waals surface area contributed by atoms with Gasteiger partial charge in [0.05, 0.1) is 6.04 Å². The molecule has 7 heteroatoms. The van der Waals surface area contributed by atoms with Crippen LogP contribution in [0.15, 0.2) is 4.99 Å². The van der Waals surface area contributed by atoms with Crippen LogP contribution in [-0.4, -0.2) is 30.4 Å². The van der Waals surface area contributed by atoms with Crippen molar-refractivity contribution in [1.82, 2.24) is 5.32 Å². The molecule has 7 nitrogen and oxygen atoms in total. The first-order valence-corrected chi connectivity index (χ1v) is 12.6. The van der Waals surface area contributed by atoms with Crippen molar-refractivity contribution in [2.45, 2.75) is 129 Å². The van der Waals surface area contributed by atoms with Gasteiger partial charge in [-0.25, -0.2) is 0 Å². The third kappa shape index (κ3) is 21.4. The van der Waals surface area contributed by atoms with Crippen LogP contribution in [0.1, 0.15) is 122 Å². The number of rotatable bonds is 21. The average Bonchev–Trinajstić information content (AvgIpc) is 2.73. The molecule has 0 aliphatic heterocycles.